The molecule has 2 N–H and O–H groups in total. The molecule has 2 aromatic carbocycles. The van der Waals surface area contributed by atoms with E-state index in [4.69, 9.17) is 14.2 Å². The predicted molar refractivity (Wildman–Crippen MR) is 127 cm³/mol. The van der Waals surface area contributed by atoms with E-state index >= 15 is 0 Å². The van der Waals surface area contributed by atoms with Gasteiger partial charge in [0.2, 0.25) is 0 Å². The van der Waals surface area contributed by atoms with Crippen LogP contribution in [0.2, 0.25) is 0 Å². The molecule has 0 atom stereocenters. The van der Waals surface area contributed by atoms with E-state index in [1.54, 1.807) is 43.5 Å². The smallest absolute Gasteiger partial charge is 0.257 e. The van der Waals surface area contributed by atoms with E-state index in [-0.39, 0.29) is 24.4 Å². The third-order valence-electron chi connectivity index (χ3n) is 4.43. The lowest BCUT2D eigenvalue weighted by atomic mass is 10.2. The van der Waals surface area contributed by atoms with Gasteiger partial charge in [0.25, 0.3) is 5.91 Å². The van der Waals surface area contributed by atoms with E-state index < -0.39 is 0 Å². The van der Waals surface area contributed by atoms with Gasteiger partial charge in [-0.2, -0.15) is 0 Å². The Balaban J connectivity index is 1.70. The van der Waals surface area contributed by atoms with Gasteiger partial charge >= 0.3 is 0 Å². The van der Waals surface area contributed by atoms with Gasteiger partial charge in [-0.1, -0.05) is 18.2 Å². The third-order valence-corrected chi connectivity index (χ3v) is 5.23. The van der Waals surface area contributed by atoms with E-state index in [0.29, 0.717) is 47.5 Å². The van der Waals surface area contributed by atoms with Gasteiger partial charge in [0.05, 0.1) is 18.4 Å². The molecule has 3 aromatic rings. The first-order chi connectivity index (χ1) is 15.9. The molecule has 9 heteroatoms. The molecule has 0 aliphatic heterocycles. The van der Waals surface area contributed by atoms with Gasteiger partial charge < -0.3 is 19.5 Å². The van der Waals surface area contributed by atoms with Crippen LogP contribution in [-0.2, 0) is 17.9 Å². The van der Waals surface area contributed by atoms with Gasteiger partial charge in [-0.3, -0.25) is 10.1 Å². The largest absolute Gasteiger partial charge is 0.491 e. The van der Waals surface area contributed by atoms with Gasteiger partial charge in [0.15, 0.2) is 5.13 Å². The average Bonchev–Trinajstić information content (AvgIpc) is 3.22. The summed E-state index contributed by atoms with van der Waals surface area (Å²) in [5, 5.41) is 8.41. The number of thiazole rings is 1. The van der Waals surface area contributed by atoms with Crippen LogP contribution in [0.4, 0.5) is 9.52 Å². The molecule has 0 aliphatic carbocycles. The first-order valence-electron chi connectivity index (χ1n) is 10.6. The lowest BCUT2D eigenvalue weighted by Crippen LogP contribution is -2.18. The number of rotatable bonds is 12. The molecule has 0 unspecified atom stereocenters. The summed E-state index contributed by atoms with van der Waals surface area (Å²) < 4.78 is 30.5. The molecule has 0 fully saturated rings. The van der Waals surface area contributed by atoms with Crippen molar-refractivity contribution in [2.45, 2.75) is 33.1 Å². The van der Waals surface area contributed by atoms with Crippen molar-refractivity contribution < 1.29 is 23.4 Å². The van der Waals surface area contributed by atoms with Crippen molar-refractivity contribution in [1.29, 1.82) is 0 Å². The van der Waals surface area contributed by atoms with E-state index in [9.17, 15) is 9.18 Å². The maximum absolute atomic E-state index is 13.9. The number of carbonyl (C=O) groups excluding carboxylic acids is 1. The van der Waals surface area contributed by atoms with Crippen molar-refractivity contribution in [3.05, 3.63) is 70.5 Å². The summed E-state index contributed by atoms with van der Waals surface area (Å²) in [5.74, 6) is 0.210. The first kappa shape index (κ1) is 24.6. The molecule has 7 nitrogen and oxygen atoms in total. The third kappa shape index (κ3) is 7.81. The Hall–Kier alpha value is -3.01. The standard InChI is InChI=1S/C24H28FN3O4S/c1-16(2)32-21-11-18(10-20(12-21)31-14-17-6-4-5-7-22(17)25)23(29)28-24-27-19(15-33-24)13-26-8-9-30-3/h4-7,10-12,15-16,26H,8-9,13-14H2,1-3H3,(H,27,28,29). The quantitative estimate of drug-likeness (QED) is 0.373. The second-order valence-corrected chi connectivity index (χ2v) is 8.37. The minimum Gasteiger partial charge on any atom is -0.491 e. The molecule has 1 amide bonds. The minimum atomic E-state index is -0.346. The zero-order chi connectivity index (χ0) is 23.6. The van der Waals surface area contributed by atoms with Gasteiger partial charge in [-0.25, -0.2) is 9.37 Å². The molecule has 1 heterocycles. The van der Waals surface area contributed by atoms with Crippen LogP contribution in [0.5, 0.6) is 11.5 Å². The molecule has 0 bridgehead atoms. The van der Waals surface area contributed by atoms with E-state index in [1.807, 2.05) is 19.2 Å². The molecular weight excluding hydrogens is 445 g/mol. The van der Waals surface area contributed by atoms with Crippen LogP contribution in [0.3, 0.4) is 0 Å². The van der Waals surface area contributed by atoms with Gasteiger partial charge in [0.1, 0.15) is 23.9 Å². The van der Waals surface area contributed by atoms with Gasteiger partial charge in [-0.05, 0) is 32.0 Å². The lowest BCUT2D eigenvalue weighted by Gasteiger charge is -2.14. The molecule has 33 heavy (non-hydrogen) atoms. The fraction of sp³-hybridized carbons (Fsp3) is 0.333. The summed E-state index contributed by atoms with van der Waals surface area (Å²) in [6.07, 6.45) is -0.0881. The number of ether oxygens (including phenoxy) is 3. The first-order valence-corrected chi connectivity index (χ1v) is 11.5. The maximum Gasteiger partial charge on any atom is 0.257 e. The molecule has 0 aliphatic rings. The lowest BCUT2D eigenvalue weighted by molar-refractivity contribution is 0.102. The molecule has 0 saturated carbocycles. The Morgan fingerprint density at radius 1 is 1.18 bits per heavy atom. The SMILES string of the molecule is COCCNCc1csc(NC(=O)c2cc(OCc3ccccc3F)cc(OC(C)C)c2)n1. The van der Waals surface area contributed by atoms with Crippen molar-refractivity contribution in [1.82, 2.24) is 10.3 Å². The molecule has 0 radical (unpaired) electrons. The van der Waals surface area contributed by atoms with Crippen molar-refractivity contribution in [2.75, 3.05) is 25.6 Å². The summed E-state index contributed by atoms with van der Waals surface area (Å²) >= 11 is 1.35. The van der Waals surface area contributed by atoms with Crippen LogP contribution in [0.15, 0.2) is 47.8 Å². The zero-order valence-corrected chi connectivity index (χ0v) is 19.7. The zero-order valence-electron chi connectivity index (χ0n) is 18.9. The van der Waals surface area contributed by atoms with Gasteiger partial charge in [-0.15, -0.1) is 11.3 Å². The number of hydrogen-bond donors (Lipinski definition) is 2. The topological polar surface area (TPSA) is 81.7 Å². The number of benzene rings is 2. The number of hydrogen-bond acceptors (Lipinski definition) is 7. The summed E-state index contributed by atoms with van der Waals surface area (Å²) in [6, 6.07) is 11.3. The fourth-order valence-corrected chi connectivity index (χ4v) is 3.61. The number of amides is 1. The van der Waals surface area contributed by atoms with Crippen LogP contribution in [-0.4, -0.2) is 37.3 Å². The Morgan fingerprint density at radius 3 is 2.73 bits per heavy atom. The number of nitrogens with zero attached hydrogens (tertiary/aromatic N) is 1. The monoisotopic (exact) mass is 473 g/mol. The van der Waals surface area contributed by atoms with Crippen LogP contribution in [0.25, 0.3) is 0 Å². The number of anilines is 1. The van der Waals surface area contributed by atoms with E-state index in [0.717, 1.165) is 5.69 Å². The van der Waals surface area contributed by atoms with E-state index in [2.05, 4.69) is 15.6 Å². The van der Waals surface area contributed by atoms with Crippen LogP contribution in [0, 0.1) is 5.82 Å². The number of carbonyl (C=O) groups is 1. The van der Waals surface area contributed by atoms with Crippen molar-refractivity contribution in [3.63, 3.8) is 0 Å². The summed E-state index contributed by atoms with van der Waals surface area (Å²) in [6.45, 7) is 5.74. The Labute approximate surface area is 196 Å². The molecule has 176 valence electrons. The predicted octanol–water partition coefficient (Wildman–Crippen LogP) is 4.64. The maximum atomic E-state index is 13.9. The van der Waals surface area contributed by atoms with Gasteiger partial charge in [0, 0.05) is 42.8 Å². The second kappa shape index (κ2) is 12.3. The minimum absolute atomic E-state index is 0.0325. The number of nitrogens with one attached hydrogen (secondary N) is 2. The molecule has 3 rings (SSSR count). The Bertz CT molecular complexity index is 1060. The summed E-state index contributed by atoms with van der Waals surface area (Å²) in [5.41, 5.74) is 1.61. The molecule has 0 spiro atoms. The number of aromatic nitrogens is 1. The average molecular weight is 474 g/mol. The normalized spacial score (nSPS) is 10.9. The highest BCUT2D eigenvalue weighted by Gasteiger charge is 2.14. The van der Waals surface area contributed by atoms with Crippen LogP contribution >= 0.6 is 11.3 Å². The van der Waals surface area contributed by atoms with E-state index in [1.165, 1.54) is 17.4 Å². The molecular formula is C24H28FN3O4S. The van der Waals surface area contributed by atoms with Crippen LogP contribution in [0.1, 0.15) is 35.5 Å². The second-order valence-electron chi connectivity index (χ2n) is 7.51. The summed E-state index contributed by atoms with van der Waals surface area (Å²) in [4.78, 5) is 17.3. The number of methoxy groups -OCH3 is 1. The highest BCUT2D eigenvalue weighted by Crippen LogP contribution is 2.26. The Morgan fingerprint density at radius 2 is 1.97 bits per heavy atom. The fourth-order valence-electron chi connectivity index (χ4n) is 2.91. The van der Waals surface area contributed by atoms with Crippen molar-refractivity contribution >= 4 is 22.4 Å². The summed E-state index contributed by atoms with van der Waals surface area (Å²) in [7, 11) is 1.65. The van der Waals surface area contributed by atoms with Crippen LogP contribution < -0.4 is 20.1 Å². The number of halogens is 1. The molecule has 1 aromatic heterocycles. The highest BCUT2D eigenvalue weighted by molar-refractivity contribution is 7.14. The molecule has 0 saturated heterocycles. The van der Waals surface area contributed by atoms with Crippen molar-refractivity contribution in [2.24, 2.45) is 0 Å². The van der Waals surface area contributed by atoms with Crippen molar-refractivity contribution in [3.8, 4) is 11.5 Å². The Kier molecular flexibility index (Phi) is 9.17. The highest BCUT2D eigenvalue weighted by atomic mass is 32.1.